The van der Waals surface area contributed by atoms with Gasteiger partial charge in [-0.05, 0) is 0 Å². The van der Waals surface area contributed by atoms with Gasteiger partial charge in [0.05, 0.1) is 0 Å². The number of benzene rings is 3. The molecule has 0 radical (unpaired) electrons. The van der Waals surface area contributed by atoms with E-state index in [9.17, 15) is 0 Å². The van der Waals surface area contributed by atoms with Crippen LogP contribution in [0, 0.1) is 0 Å². The van der Waals surface area contributed by atoms with Crippen LogP contribution < -0.4 is 23.3 Å². The summed E-state index contributed by atoms with van der Waals surface area (Å²) in [5.41, 5.74) is 5.21. The van der Waals surface area contributed by atoms with Crippen molar-refractivity contribution in [2.75, 3.05) is 0 Å². The summed E-state index contributed by atoms with van der Waals surface area (Å²) in [6.45, 7) is 27.6. The molecule has 38 heavy (non-hydrogen) atoms. The van der Waals surface area contributed by atoms with Gasteiger partial charge in [0.1, 0.15) is 0 Å². The van der Waals surface area contributed by atoms with E-state index in [1.165, 1.54) is 31.2 Å². The van der Waals surface area contributed by atoms with E-state index in [1.54, 1.807) is 0 Å². The summed E-state index contributed by atoms with van der Waals surface area (Å²) in [7, 11) is -1.38. The van der Waals surface area contributed by atoms with Crippen LogP contribution in [0.25, 0.3) is 0 Å². The fraction of sp³-hybridized carbons (Fsp3) is 0.471. The molecule has 0 N–H and O–H groups in total. The van der Waals surface area contributed by atoms with Gasteiger partial charge >= 0.3 is 240 Å². The molecule has 0 spiro atoms. The summed E-state index contributed by atoms with van der Waals surface area (Å²) in [5.74, 6) is 2.04. The molecule has 3 aromatic carbocycles. The molecule has 0 amide bonds. The van der Waals surface area contributed by atoms with E-state index in [1.807, 2.05) is 0 Å². The summed E-state index contributed by atoms with van der Waals surface area (Å²) < 4.78 is 16.7. The first-order valence-corrected chi connectivity index (χ1v) is 16.5. The zero-order chi connectivity index (χ0) is 28.3. The Kier molecular flexibility index (Phi) is 7.68. The fourth-order valence-corrected chi connectivity index (χ4v) is 8.45. The standard InChI is InChI=1S/C34H45O2PSe/c1-31(2,3)22-18-25(33(7,8)9)29-27(20-22)38-28-21-23(32(4,5)6)19-26(34(10,11)12)30(28)36-37(35-29)24-16-14-13-15-17-24/h13-21H,1-12H3. The van der Waals surface area contributed by atoms with Crippen molar-refractivity contribution in [1.82, 2.24) is 0 Å². The van der Waals surface area contributed by atoms with Crippen molar-refractivity contribution in [3.63, 3.8) is 0 Å². The Morgan fingerprint density at radius 3 is 1.26 bits per heavy atom. The van der Waals surface area contributed by atoms with Gasteiger partial charge in [-0.1, -0.05) is 0 Å². The van der Waals surface area contributed by atoms with E-state index in [0.29, 0.717) is 0 Å². The number of rotatable bonds is 1. The minimum absolute atomic E-state index is 0.0191. The zero-order valence-electron chi connectivity index (χ0n) is 25.4. The molecular formula is C34H45O2PSe. The maximum absolute atomic E-state index is 7.03. The van der Waals surface area contributed by atoms with Crippen LogP contribution in [-0.4, -0.2) is 15.0 Å². The SMILES string of the molecule is CC(C)(C)c1cc2c(c(C(C)(C)C)c1)OP(c1ccccc1)Oc1c(cc(C(C)(C)C)cc1C(C)(C)C)[Se]2. The van der Waals surface area contributed by atoms with Crippen LogP contribution in [-0.2, 0) is 21.7 Å². The Bertz CT molecular complexity index is 1230. The number of fused-ring (bicyclic) bond motifs is 2. The van der Waals surface area contributed by atoms with E-state index < -0.39 is 8.38 Å². The third-order valence-corrected chi connectivity index (χ3v) is 10.6. The molecule has 204 valence electrons. The molecule has 4 heteroatoms. The quantitative estimate of drug-likeness (QED) is 0.210. The topological polar surface area (TPSA) is 18.5 Å². The minimum atomic E-state index is -1.38. The summed E-state index contributed by atoms with van der Waals surface area (Å²) in [5, 5.41) is 1.09. The van der Waals surface area contributed by atoms with Gasteiger partial charge in [-0.25, -0.2) is 0 Å². The van der Waals surface area contributed by atoms with Crippen molar-refractivity contribution in [2.45, 2.75) is 105 Å². The normalized spacial score (nSPS) is 15.1. The Morgan fingerprint density at radius 1 is 0.526 bits per heavy atom. The number of hydrogen-bond acceptors (Lipinski definition) is 2. The third kappa shape index (κ3) is 6.17. The second kappa shape index (κ2) is 9.99. The van der Waals surface area contributed by atoms with Crippen LogP contribution in [0.1, 0.15) is 105 Å². The molecule has 3 aromatic rings. The summed E-state index contributed by atoms with van der Waals surface area (Å²) >= 11 is 0.0191. The molecule has 0 fully saturated rings. The summed E-state index contributed by atoms with van der Waals surface area (Å²) in [6, 6.07) is 20.1. The number of hydrogen-bond donors (Lipinski definition) is 0. The summed E-state index contributed by atoms with van der Waals surface area (Å²) in [6.07, 6.45) is 0. The van der Waals surface area contributed by atoms with Crippen molar-refractivity contribution < 1.29 is 9.05 Å². The molecule has 1 aliphatic rings. The maximum atomic E-state index is 7.03. The third-order valence-electron chi connectivity index (χ3n) is 6.99. The Balaban J connectivity index is 2.09. The van der Waals surface area contributed by atoms with Crippen molar-refractivity contribution in [2.24, 2.45) is 0 Å². The molecule has 4 rings (SSSR count). The van der Waals surface area contributed by atoms with Gasteiger partial charge in [0.15, 0.2) is 0 Å². The van der Waals surface area contributed by atoms with E-state index in [2.05, 4.69) is 138 Å². The first-order valence-electron chi connectivity index (χ1n) is 13.6. The predicted molar refractivity (Wildman–Crippen MR) is 167 cm³/mol. The van der Waals surface area contributed by atoms with Crippen LogP contribution in [0.15, 0.2) is 54.6 Å². The first-order chi connectivity index (χ1) is 17.4. The monoisotopic (exact) mass is 596 g/mol. The van der Waals surface area contributed by atoms with Crippen LogP contribution in [0.3, 0.4) is 0 Å². The van der Waals surface area contributed by atoms with Gasteiger partial charge in [0.2, 0.25) is 0 Å². The van der Waals surface area contributed by atoms with E-state index in [0.717, 1.165) is 16.8 Å². The van der Waals surface area contributed by atoms with Gasteiger partial charge in [-0.3, -0.25) is 0 Å². The summed E-state index contributed by atoms with van der Waals surface area (Å²) in [4.78, 5) is 0. The van der Waals surface area contributed by atoms with Gasteiger partial charge in [0, 0.05) is 0 Å². The van der Waals surface area contributed by atoms with Gasteiger partial charge in [-0.2, -0.15) is 0 Å². The molecule has 0 aromatic heterocycles. The Hall–Kier alpha value is -1.79. The molecule has 0 saturated carbocycles. The van der Waals surface area contributed by atoms with E-state index in [4.69, 9.17) is 9.05 Å². The average Bonchev–Trinajstić information content (AvgIpc) is 2.76. The van der Waals surface area contributed by atoms with Crippen molar-refractivity contribution >= 4 is 37.6 Å². The van der Waals surface area contributed by atoms with Crippen molar-refractivity contribution in [3.05, 3.63) is 76.9 Å². The molecule has 0 atom stereocenters. The van der Waals surface area contributed by atoms with Gasteiger partial charge < -0.3 is 0 Å². The Labute approximate surface area is 239 Å². The molecule has 1 aliphatic heterocycles. The van der Waals surface area contributed by atoms with E-state index >= 15 is 0 Å². The van der Waals surface area contributed by atoms with Crippen LogP contribution in [0.4, 0.5) is 0 Å². The molecule has 1 heterocycles. The van der Waals surface area contributed by atoms with Gasteiger partial charge in [-0.15, -0.1) is 0 Å². The molecule has 0 saturated heterocycles. The Morgan fingerprint density at radius 2 is 0.921 bits per heavy atom. The fourth-order valence-electron chi connectivity index (χ4n) is 4.48. The van der Waals surface area contributed by atoms with Crippen LogP contribution >= 0.6 is 8.38 Å². The second-order valence-electron chi connectivity index (χ2n) is 14.6. The predicted octanol–water partition coefficient (Wildman–Crippen LogP) is 7.94. The van der Waals surface area contributed by atoms with Crippen molar-refractivity contribution in [1.29, 1.82) is 0 Å². The molecular weight excluding hydrogens is 550 g/mol. The molecule has 2 nitrogen and oxygen atoms in total. The van der Waals surface area contributed by atoms with E-state index in [-0.39, 0.29) is 36.6 Å². The van der Waals surface area contributed by atoms with Crippen LogP contribution in [0.2, 0.25) is 0 Å². The van der Waals surface area contributed by atoms with Gasteiger partial charge in [0.25, 0.3) is 0 Å². The van der Waals surface area contributed by atoms with Crippen molar-refractivity contribution in [3.8, 4) is 11.5 Å². The second-order valence-corrected chi connectivity index (χ2v) is 18.2. The molecule has 0 aliphatic carbocycles. The molecule has 0 bridgehead atoms. The molecule has 0 unspecified atom stereocenters. The zero-order valence-corrected chi connectivity index (χ0v) is 28.0. The van der Waals surface area contributed by atoms with Crippen LogP contribution in [0.5, 0.6) is 11.5 Å². The average molecular weight is 596 g/mol. The first kappa shape index (κ1) is 29.2.